The Morgan fingerprint density at radius 1 is 1.45 bits per heavy atom. The van der Waals surface area contributed by atoms with Crippen LogP contribution >= 0.6 is 0 Å². The summed E-state index contributed by atoms with van der Waals surface area (Å²) >= 11 is 0. The minimum Gasteiger partial charge on any atom is -0.459 e. The van der Waals surface area contributed by atoms with Gasteiger partial charge in [-0.05, 0) is 32.9 Å². The van der Waals surface area contributed by atoms with Gasteiger partial charge < -0.3 is 15.1 Å². The van der Waals surface area contributed by atoms with Gasteiger partial charge in [-0.2, -0.15) is 0 Å². The molecule has 1 fully saturated rings. The maximum Gasteiger partial charge on any atom is 0.225 e. The Kier molecular flexibility index (Phi) is 3.49. The van der Waals surface area contributed by atoms with E-state index in [1.54, 1.807) is 0 Å². The third-order valence-electron chi connectivity index (χ3n) is 4.06. The van der Waals surface area contributed by atoms with Crippen molar-refractivity contribution in [2.45, 2.75) is 26.3 Å². The minimum absolute atomic E-state index is 0.0853. The van der Waals surface area contributed by atoms with Gasteiger partial charge in [0.25, 0.3) is 0 Å². The standard InChI is InChI=1S/C16H20N2O2/c1-10-13-5-3-4-6-14(13)20-15(10)11(2)18-16(19)12-7-8-17-9-12/h3-6,11-12,17H,7-9H2,1-2H3,(H,18,19). The molecule has 1 aliphatic rings. The van der Waals surface area contributed by atoms with Crippen molar-refractivity contribution in [2.24, 2.45) is 5.92 Å². The number of amides is 1. The van der Waals surface area contributed by atoms with E-state index >= 15 is 0 Å². The summed E-state index contributed by atoms with van der Waals surface area (Å²) in [5.41, 5.74) is 1.99. The molecule has 4 nitrogen and oxygen atoms in total. The van der Waals surface area contributed by atoms with Crippen LogP contribution in [0.2, 0.25) is 0 Å². The summed E-state index contributed by atoms with van der Waals surface area (Å²) < 4.78 is 5.89. The van der Waals surface area contributed by atoms with Crippen LogP contribution in [0.25, 0.3) is 11.0 Å². The molecule has 1 saturated heterocycles. The molecule has 0 saturated carbocycles. The predicted molar refractivity (Wildman–Crippen MR) is 78.5 cm³/mol. The molecule has 2 heterocycles. The Balaban J connectivity index is 1.79. The Morgan fingerprint density at radius 2 is 2.25 bits per heavy atom. The molecule has 20 heavy (non-hydrogen) atoms. The van der Waals surface area contributed by atoms with Crippen molar-refractivity contribution in [2.75, 3.05) is 13.1 Å². The first kappa shape index (κ1) is 13.2. The van der Waals surface area contributed by atoms with Crippen LogP contribution in [0.15, 0.2) is 28.7 Å². The number of fused-ring (bicyclic) bond motifs is 1. The highest BCUT2D eigenvalue weighted by Gasteiger charge is 2.25. The lowest BCUT2D eigenvalue weighted by Gasteiger charge is -2.15. The van der Waals surface area contributed by atoms with E-state index in [9.17, 15) is 4.79 Å². The Morgan fingerprint density at radius 3 is 2.95 bits per heavy atom. The van der Waals surface area contributed by atoms with Crippen LogP contribution < -0.4 is 10.6 Å². The number of benzene rings is 1. The molecule has 1 amide bonds. The van der Waals surface area contributed by atoms with Crippen LogP contribution in [-0.4, -0.2) is 19.0 Å². The number of hydrogen-bond donors (Lipinski definition) is 2. The number of nitrogens with one attached hydrogen (secondary N) is 2. The largest absolute Gasteiger partial charge is 0.459 e. The second-order valence-electron chi connectivity index (χ2n) is 5.51. The predicted octanol–water partition coefficient (Wildman–Crippen LogP) is 2.53. The molecule has 0 aliphatic carbocycles. The van der Waals surface area contributed by atoms with E-state index in [2.05, 4.69) is 10.6 Å². The SMILES string of the molecule is Cc1c(C(C)NC(=O)C2CCNC2)oc2ccccc12. The summed E-state index contributed by atoms with van der Waals surface area (Å²) in [6.07, 6.45) is 0.914. The van der Waals surface area contributed by atoms with Gasteiger partial charge in [0, 0.05) is 17.5 Å². The lowest BCUT2D eigenvalue weighted by molar-refractivity contribution is -0.125. The molecule has 2 unspecified atom stereocenters. The smallest absolute Gasteiger partial charge is 0.225 e. The van der Waals surface area contributed by atoms with Crippen molar-refractivity contribution >= 4 is 16.9 Å². The number of hydrogen-bond acceptors (Lipinski definition) is 3. The van der Waals surface area contributed by atoms with Gasteiger partial charge in [-0.25, -0.2) is 0 Å². The van der Waals surface area contributed by atoms with Crippen molar-refractivity contribution < 1.29 is 9.21 Å². The second-order valence-corrected chi connectivity index (χ2v) is 5.51. The normalized spacial score (nSPS) is 20.2. The van der Waals surface area contributed by atoms with E-state index in [0.29, 0.717) is 0 Å². The van der Waals surface area contributed by atoms with Crippen molar-refractivity contribution in [3.05, 3.63) is 35.6 Å². The summed E-state index contributed by atoms with van der Waals surface area (Å²) in [7, 11) is 0. The van der Waals surface area contributed by atoms with Gasteiger partial charge >= 0.3 is 0 Å². The highest BCUT2D eigenvalue weighted by atomic mass is 16.3. The van der Waals surface area contributed by atoms with E-state index in [4.69, 9.17) is 4.42 Å². The fourth-order valence-corrected chi connectivity index (χ4v) is 2.88. The molecule has 2 N–H and O–H groups in total. The van der Waals surface area contributed by atoms with Crippen LogP contribution in [0.3, 0.4) is 0 Å². The summed E-state index contributed by atoms with van der Waals surface area (Å²) in [4.78, 5) is 12.2. The van der Waals surface area contributed by atoms with Gasteiger partial charge in [0.15, 0.2) is 0 Å². The summed E-state index contributed by atoms with van der Waals surface area (Å²) in [5, 5.41) is 7.40. The van der Waals surface area contributed by atoms with Gasteiger partial charge in [-0.15, -0.1) is 0 Å². The monoisotopic (exact) mass is 272 g/mol. The molecule has 2 aromatic rings. The summed E-state index contributed by atoms with van der Waals surface area (Å²) in [5.74, 6) is 1.05. The van der Waals surface area contributed by atoms with Crippen molar-refractivity contribution in [3.8, 4) is 0 Å². The lowest BCUT2D eigenvalue weighted by atomic mass is 10.1. The highest BCUT2D eigenvalue weighted by Crippen LogP contribution is 2.29. The summed E-state index contributed by atoms with van der Waals surface area (Å²) in [6, 6.07) is 7.87. The third kappa shape index (κ3) is 2.31. The van der Waals surface area contributed by atoms with Crippen molar-refractivity contribution in [1.29, 1.82) is 0 Å². The van der Waals surface area contributed by atoms with Crippen molar-refractivity contribution in [3.63, 3.8) is 0 Å². The number of carbonyl (C=O) groups is 1. The minimum atomic E-state index is -0.101. The molecule has 2 atom stereocenters. The molecule has 1 aromatic heterocycles. The highest BCUT2D eigenvalue weighted by molar-refractivity contribution is 5.83. The molecular formula is C16H20N2O2. The van der Waals surface area contributed by atoms with Gasteiger partial charge in [0.05, 0.1) is 12.0 Å². The van der Waals surface area contributed by atoms with E-state index in [-0.39, 0.29) is 17.9 Å². The molecule has 3 rings (SSSR count). The molecule has 1 aliphatic heterocycles. The molecular weight excluding hydrogens is 252 g/mol. The first-order valence-corrected chi connectivity index (χ1v) is 7.16. The van der Waals surface area contributed by atoms with Crippen LogP contribution in [-0.2, 0) is 4.79 Å². The fraction of sp³-hybridized carbons (Fsp3) is 0.438. The van der Waals surface area contributed by atoms with Gasteiger partial charge in [0.2, 0.25) is 5.91 Å². The topological polar surface area (TPSA) is 54.3 Å². The van der Waals surface area contributed by atoms with Crippen LogP contribution in [0.5, 0.6) is 0 Å². The van der Waals surface area contributed by atoms with Crippen LogP contribution in [0.4, 0.5) is 0 Å². The first-order valence-electron chi connectivity index (χ1n) is 7.16. The van der Waals surface area contributed by atoms with E-state index in [1.807, 2.05) is 38.1 Å². The number of para-hydroxylation sites is 1. The molecule has 4 heteroatoms. The zero-order valence-corrected chi connectivity index (χ0v) is 11.9. The maximum absolute atomic E-state index is 12.2. The Labute approximate surface area is 118 Å². The number of aryl methyl sites for hydroxylation is 1. The maximum atomic E-state index is 12.2. The number of furan rings is 1. The Bertz CT molecular complexity index is 626. The van der Waals surface area contributed by atoms with Gasteiger partial charge in [0.1, 0.15) is 11.3 Å². The van der Waals surface area contributed by atoms with E-state index in [1.165, 1.54) is 0 Å². The third-order valence-corrected chi connectivity index (χ3v) is 4.06. The van der Waals surface area contributed by atoms with Gasteiger partial charge in [-0.1, -0.05) is 18.2 Å². The lowest BCUT2D eigenvalue weighted by Crippen LogP contribution is -2.33. The zero-order valence-electron chi connectivity index (χ0n) is 11.9. The average Bonchev–Trinajstić information content (AvgIpc) is 3.07. The van der Waals surface area contributed by atoms with E-state index < -0.39 is 0 Å². The molecule has 106 valence electrons. The van der Waals surface area contributed by atoms with Crippen LogP contribution in [0.1, 0.15) is 30.7 Å². The fourth-order valence-electron chi connectivity index (χ4n) is 2.88. The first-order chi connectivity index (χ1) is 9.66. The zero-order chi connectivity index (χ0) is 14.1. The Hall–Kier alpha value is -1.81. The quantitative estimate of drug-likeness (QED) is 0.902. The average molecular weight is 272 g/mol. The second kappa shape index (κ2) is 5.29. The van der Waals surface area contributed by atoms with E-state index in [0.717, 1.165) is 41.8 Å². The molecule has 1 aromatic carbocycles. The molecule has 0 spiro atoms. The molecule has 0 bridgehead atoms. The molecule has 0 radical (unpaired) electrons. The number of rotatable bonds is 3. The number of carbonyl (C=O) groups excluding carboxylic acids is 1. The summed E-state index contributed by atoms with van der Waals surface area (Å²) in [6.45, 7) is 5.72. The van der Waals surface area contributed by atoms with Gasteiger partial charge in [-0.3, -0.25) is 4.79 Å². The van der Waals surface area contributed by atoms with Crippen LogP contribution in [0, 0.1) is 12.8 Å². The van der Waals surface area contributed by atoms with Crippen molar-refractivity contribution in [1.82, 2.24) is 10.6 Å².